The Morgan fingerprint density at radius 2 is 2.00 bits per heavy atom. The van der Waals surface area contributed by atoms with E-state index in [9.17, 15) is 9.59 Å². The van der Waals surface area contributed by atoms with Crippen LogP contribution in [0.25, 0.3) is 0 Å². The van der Waals surface area contributed by atoms with Gasteiger partial charge in [-0.05, 0) is 23.3 Å². The van der Waals surface area contributed by atoms with Crippen molar-refractivity contribution in [3.05, 3.63) is 53.0 Å². The number of fused-ring (bicyclic) bond motifs is 2. The molecule has 2 aliphatic rings. The van der Waals surface area contributed by atoms with E-state index in [2.05, 4.69) is 6.08 Å². The minimum Gasteiger partial charge on any atom is -1.00 e. The second-order valence-electron chi connectivity index (χ2n) is 4.15. The molecular weight excluding hydrogens is 382 g/mol. The molecule has 6 heteroatoms. The Kier molecular flexibility index (Phi) is 8.22. The third kappa shape index (κ3) is 4.31. The number of alkyl halides is 1. The summed E-state index contributed by atoms with van der Waals surface area (Å²) in [6.45, 7) is 0. The van der Waals surface area contributed by atoms with Crippen LogP contribution in [-0.4, -0.2) is 16.9 Å². The molecule has 0 aliphatic heterocycles. The van der Waals surface area contributed by atoms with Crippen molar-refractivity contribution in [1.82, 2.24) is 0 Å². The predicted molar refractivity (Wildman–Crippen MR) is 72.8 cm³/mol. The van der Waals surface area contributed by atoms with Crippen molar-refractivity contribution in [3.63, 3.8) is 0 Å². The van der Waals surface area contributed by atoms with Crippen molar-refractivity contribution in [2.45, 2.75) is 11.8 Å². The monoisotopic (exact) mass is 388 g/mol. The SMILES string of the molecule is [C-]#CC(=O)C1[C+]=C(Cl)C(=O)C2=CC=CC=C(C2)C1Cl.[Cl-].[Cu+]. The van der Waals surface area contributed by atoms with Crippen molar-refractivity contribution in [1.29, 1.82) is 0 Å². The van der Waals surface area contributed by atoms with Crippen LogP contribution in [0.2, 0.25) is 0 Å². The van der Waals surface area contributed by atoms with Crippen LogP contribution in [0.3, 0.4) is 0 Å². The Balaban J connectivity index is 0.00000200. The summed E-state index contributed by atoms with van der Waals surface area (Å²) in [5.41, 5.74) is 1.23. The molecule has 0 N–H and O–H groups in total. The molecule has 21 heavy (non-hydrogen) atoms. The van der Waals surface area contributed by atoms with E-state index in [1.807, 2.05) is 0 Å². The second kappa shape index (κ2) is 8.57. The Morgan fingerprint density at radius 1 is 1.38 bits per heavy atom. The van der Waals surface area contributed by atoms with Gasteiger partial charge in [0, 0.05) is 6.42 Å². The summed E-state index contributed by atoms with van der Waals surface area (Å²) in [7, 11) is 0. The maximum atomic E-state index is 12.0. The number of hydrogen-bond donors (Lipinski definition) is 0. The third-order valence-corrected chi connectivity index (χ3v) is 3.75. The van der Waals surface area contributed by atoms with Crippen LogP contribution < -0.4 is 12.4 Å². The molecule has 0 heterocycles. The molecule has 2 bridgehead atoms. The van der Waals surface area contributed by atoms with Crippen LogP contribution in [0.15, 0.2) is 40.5 Å². The maximum Gasteiger partial charge on any atom is 1.00 e. The zero-order chi connectivity index (χ0) is 14.0. The normalized spacial score (nSPS) is 23.3. The first-order valence-electron chi connectivity index (χ1n) is 5.55. The molecule has 2 atom stereocenters. The summed E-state index contributed by atoms with van der Waals surface area (Å²) in [5, 5.41) is -0.863. The summed E-state index contributed by atoms with van der Waals surface area (Å²) in [6.07, 6.45) is 16.7. The van der Waals surface area contributed by atoms with Gasteiger partial charge in [0.1, 0.15) is 5.92 Å². The summed E-state index contributed by atoms with van der Waals surface area (Å²) in [4.78, 5) is 23.7. The number of carbonyl (C=O) groups is 2. The van der Waals surface area contributed by atoms with Gasteiger partial charge in [-0.2, -0.15) is 4.79 Å². The molecule has 0 saturated heterocycles. The van der Waals surface area contributed by atoms with E-state index in [4.69, 9.17) is 29.6 Å². The summed E-state index contributed by atoms with van der Waals surface area (Å²) in [5.74, 6) is -0.220. The number of ketones is 2. The van der Waals surface area contributed by atoms with Gasteiger partial charge in [0.15, 0.2) is 0 Å². The zero-order valence-corrected chi connectivity index (χ0v) is 13.6. The second-order valence-corrected chi connectivity index (χ2v) is 5.00. The molecule has 0 amide bonds. The van der Waals surface area contributed by atoms with E-state index < -0.39 is 17.1 Å². The van der Waals surface area contributed by atoms with E-state index >= 15 is 0 Å². The Labute approximate surface area is 150 Å². The maximum absolute atomic E-state index is 12.0. The van der Waals surface area contributed by atoms with Crippen LogP contribution in [0.4, 0.5) is 0 Å². The number of halogens is 3. The largest absolute Gasteiger partial charge is 1.00 e. The molecule has 0 aromatic rings. The molecule has 2 unspecified atom stereocenters. The first kappa shape index (κ1) is 20.2. The van der Waals surface area contributed by atoms with Crippen LogP contribution in [0.1, 0.15) is 6.42 Å². The van der Waals surface area contributed by atoms with Gasteiger partial charge in [0.25, 0.3) is 0 Å². The molecule has 0 radical (unpaired) electrons. The van der Waals surface area contributed by atoms with Gasteiger partial charge in [-0.3, -0.25) is 5.92 Å². The summed E-state index contributed by atoms with van der Waals surface area (Å²) >= 11 is 12.1. The molecular formula is C15H8Cl3CuO2. The van der Waals surface area contributed by atoms with Crippen LogP contribution in [0, 0.1) is 24.3 Å². The van der Waals surface area contributed by atoms with Crippen molar-refractivity contribution < 1.29 is 39.1 Å². The van der Waals surface area contributed by atoms with Crippen molar-refractivity contribution in [3.8, 4) is 5.92 Å². The number of carbonyl (C=O) groups excluding carboxylic acids is 2. The Morgan fingerprint density at radius 3 is 2.62 bits per heavy atom. The van der Waals surface area contributed by atoms with Gasteiger partial charge in [0.05, 0.1) is 22.8 Å². The van der Waals surface area contributed by atoms with Gasteiger partial charge < -0.3 is 23.6 Å². The molecule has 2 rings (SSSR count). The number of hydrogen-bond acceptors (Lipinski definition) is 2. The molecule has 2 aliphatic carbocycles. The molecule has 0 aromatic carbocycles. The fourth-order valence-electron chi connectivity index (χ4n) is 1.94. The quantitative estimate of drug-likeness (QED) is 0.267. The molecule has 0 fully saturated rings. The van der Waals surface area contributed by atoms with Crippen molar-refractivity contribution >= 4 is 34.8 Å². The summed E-state index contributed by atoms with van der Waals surface area (Å²) in [6, 6.07) is 0. The van der Waals surface area contributed by atoms with Crippen LogP contribution >= 0.6 is 23.2 Å². The molecule has 112 valence electrons. The topological polar surface area (TPSA) is 34.1 Å². The smallest absolute Gasteiger partial charge is 1.00 e. The van der Waals surface area contributed by atoms with Crippen LogP contribution in [0.5, 0.6) is 0 Å². The van der Waals surface area contributed by atoms with E-state index in [1.165, 1.54) is 0 Å². The number of Topliss-reactive ketones (excluding diaryl/α,β-unsaturated/α-hetero) is 2. The molecule has 0 spiro atoms. The third-order valence-electron chi connectivity index (χ3n) is 2.94. The van der Waals surface area contributed by atoms with Crippen molar-refractivity contribution in [2.75, 3.05) is 0 Å². The van der Waals surface area contributed by atoms with E-state index in [1.54, 1.807) is 30.2 Å². The average molecular weight is 390 g/mol. The first-order valence-corrected chi connectivity index (χ1v) is 6.36. The summed E-state index contributed by atoms with van der Waals surface area (Å²) < 4.78 is 0. The van der Waals surface area contributed by atoms with E-state index in [0.29, 0.717) is 12.0 Å². The zero-order valence-electron chi connectivity index (χ0n) is 10.4. The number of allylic oxidation sites excluding steroid dienone is 8. The predicted octanol–water partition coefficient (Wildman–Crippen LogP) is -0.308. The Hall–Kier alpha value is -0.841. The Bertz CT molecular complexity index is 609. The minimum absolute atomic E-state index is 0. The van der Waals surface area contributed by atoms with Gasteiger partial charge in [0.2, 0.25) is 0 Å². The molecule has 2 nitrogen and oxygen atoms in total. The van der Waals surface area contributed by atoms with Gasteiger partial charge in [-0.15, -0.1) is 11.6 Å². The van der Waals surface area contributed by atoms with Gasteiger partial charge in [-0.1, -0.05) is 18.2 Å². The first-order chi connectivity index (χ1) is 9.04. The van der Waals surface area contributed by atoms with Crippen molar-refractivity contribution in [2.24, 2.45) is 5.92 Å². The van der Waals surface area contributed by atoms with E-state index in [0.717, 1.165) is 5.57 Å². The van der Waals surface area contributed by atoms with Gasteiger partial charge >= 0.3 is 27.9 Å². The van der Waals surface area contributed by atoms with Gasteiger partial charge in [-0.25, -0.2) is 0 Å². The number of rotatable bonds is 1. The standard InChI is InChI=1S/C15H8Cl2O2.ClH.Cu/c1-2-13(18)11-8-12(16)15(19)10-6-4-3-5-9(7-10)14(11)17;;/h3-6,11,14H,7H2;1H;/q;;+1/p-1. The fourth-order valence-corrected chi connectivity index (χ4v) is 2.51. The van der Waals surface area contributed by atoms with E-state index in [-0.39, 0.29) is 40.3 Å². The molecule has 0 saturated carbocycles. The average Bonchev–Trinajstić information content (AvgIpc) is 2.67. The minimum atomic E-state index is -0.963. The van der Waals surface area contributed by atoms with Crippen LogP contribution in [-0.2, 0) is 26.7 Å². The molecule has 0 aromatic heterocycles. The fraction of sp³-hybridized carbons (Fsp3) is 0.200.